The molecule has 2 aromatic carbocycles. The Balaban J connectivity index is 2.13. The Bertz CT molecular complexity index is 659. The lowest BCUT2D eigenvalue weighted by Gasteiger charge is -2.00. The topological polar surface area (TPSA) is 49.3 Å². The van der Waals surface area contributed by atoms with Crippen molar-refractivity contribution in [3.8, 4) is 5.75 Å². The maximum absolute atomic E-state index is 11.9. The second-order valence-corrected chi connectivity index (χ2v) is 4.12. The largest absolute Gasteiger partial charge is 0.507 e. The van der Waals surface area contributed by atoms with Crippen molar-refractivity contribution in [2.24, 2.45) is 0 Å². The zero-order valence-electron chi connectivity index (χ0n) is 9.55. The van der Waals surface area contributed by atoms with Gasteiger partial charge in [-0.25, -0.2) is 0 Å². The van der Waals surface area contributed by atoms with Crippen LogP contribution in [0.5, 0.6) is 5.75 Å². The zero-order chi connectivity index (χ0) is 12.5. The molecule has 0 aromatic heterocycles. The number of carbonyl (C=O) groups excluding carboxylic acids is 1. The number of para-hydroxylation sites is 2. The van der Waals surface area contributed by atoms with E-state index >= 15 is 0 Å². The van der Waals surface area contributed by atoms with Crippen molar-refractivity contribution in [2.45, 2.75) is 0 Å². The van der Waals surface area contributed by atoms with Crippen LogP contribution in [0.25, 0.3) is 11.6 Å². The number of benzene rings is 2. The van der Waals surface area contributed by atoms with E-state index in [-0.39, 0.29) is 11.7 Å². The van der Waals surface area contributed by atoms with E-state index in [1.807, 2.05) is 30.3 Å². The van der Waals surface area contributed by atoms with E-state index in [2.05, 4.69) is 5.32 Å². The van der Waals surface area contributed by atoms with Gasteiger partial charge in [-0.05, 0) is 18.2 Å². The molecule has 1 aliphatic heterocycles. The molecule has 0 fully saturated rings. The number of carbonyl (C=O) groups is 1. The monoisotopic (exact) mass is 237 g/mol. The number of anilines is 1. The first kappa shape index (κ1) is 10.6. The lowest BCUT2D eigenvalue weighted by molar-refractivity contribution is -0.110. The van der Waals surface area contributed by atoms with Crippen molar-refractivity contribution in [1.82, 2.24) is 0 Å². The van der Waals surface area contributed by atoms with Gasteiger partial charge in [-0.3, -0.25) is 4.79 Å². The third-order valence-corrected chi connectivity index (χ3v) is 2.95. The Morgan fingerprint density at radius 1 is 1.00 bits per heavy atom. The molecule has 1 amide bonds. The first-order valence-electron chi connectivity index (χ1n) is 5.66. The lowest BCUT2D eigenvalue weighted by Crippen LogP contribution is -2.03. The smallest absolute Gasteiger partial charge is 0.256 e. The van der Waals surface area contributed by atoms with Gasteiger partial charge in [-0.2, -0.15) is 0 Å². The first-order valence-corrected chi connectivity index (χ1v) is 5.66. The van der Waals surface area contributed by atoms with E-state index in [0.29, 0.717) is 11.1 Å². The minimum atomic E-state index is -0.139. The summed E-state index contributed by atoms with van der Waals surface area (Å²) in [6, 6.07) is 14.5. The molecule has 0 saturated heterocycles. The van der Waals surface area contributed by atoms with E-state index < -0.39 is 0 Å². The molecule has 88 valence electrons. The highest BCUT2D eigenvalue weighted by Crippen LogP contribution is 2.33. The molecule has 0 spiro atoms. The second-order valence-electron chi connectivity index (χ2n) is 4.12. The quantitative estimate of drug-likeness (QED) is 0.749. The molecule has 0 atom stereocenters. The SMILES string of the molecule is O=C1Nc2ccccc2/C1=C\c1ccccc1O. The highest BCUT2D eigenvalue weighted by atomic mass is 16.3. The highest BCUT2D eigenvalue weighted by molar-refractivity contribution is 6.35. The number of nitrogens with one attached hydrogen (secondary N) is 1. The molecule has 0 unspecified atom stereocenters. The molecule has 2 aromatic rings. The zero-order valence-corrected chi connectivity index (χ0v) is 9.55. The normalized spacial score (nSPS) is 15.6. The predicted molar refractivity (Wildman–Crippen MR) is 71.0 cm³/mol. The summed E-state index contributed by atoms with van der Waals surface area (Å²) in [5, 5.41) is 12.5. The summed E-state index contributed by atoms with van der Waals surface area (Å²) < 4.78 is 0. The fourth-order valence-corrected chi connectivity index (χ4v) is 2.05. The van der Waals surface area contributed by atoms with E-state index in [1.54, 1.807) is 24.3 Å². The van der Waals surface area contributed by atoms with Crippen LogP contribution in [0.1, 0.15) is 11.1 Å². The molecule has 1 aliphatic rings. The van der Waals surface area contributed by atoms with Gasteiger partial charge in [0.2, 0.25) is 0 Å². The van der Waals surface area contributed by atoms with Gasteiger partial charge in [-0.15, -0.1) is 0 Å². The molecule has 0 bridgehead atoms. The van der Waals surface area contributed by atoms with Crippen LogP contribution in [0.4, 0.5) is 5.69 Å². The number of phenolic OH excluding ortho intramolecular Hbond substituents is 1. The Hall–Kier alpha value is -2.55. The summed E-state index contributed by atoms with van der Waals surface area (Å²) in [6.07, 6.45) is 1.70. The second kappa shape index (κ2) is 4.04. The number of phenols is 1. The number of amides is 1. The van der Waals surface area contributed by atoms with Crippen molar-refractivity contribution >= 4 is 23.2 Å². The summed E-state index contributed by atoms with van der Waals surface area (Å²) in [5.41, 5.74) is 2.89. The van der Waals surface area contributed by atoms with Crippen molar-refractivity contribution in [2.75, 3.05) is 5.32 Å². The fourth-order valence-electron chi connectivity index (χ4n) is 2.05. The summed E-state index contributed by atoms with van der Waals surface area (Å²) in [5.74, 6) is 0.0293. The predicted octanol–water partition coefficient (Wildman–Crippen LogP) is 2.88. The van der Waals surface area contributed by atoms with Crippen LogP contribution in [0.3, 0.4) is 0 Å². The maximum Gasteiger partial charge on any atom is 0.256 e. The molecular formula is C15H11NO2. The molecule has 0 aliphatic carbocycles. The standard InChI is InChI=1S/C15H11NO2/c17-14-8-4-1-5-10(14)9-12-11-6-2-3-7-13(11)16-15(12)18/h1-9,17H,(H,16,18)/b12-9+. The lowest BCUT2D eigenvalue weighted by atomic mass is 10.0. The average molecular weight is 237 g/mol. The Morgan fingerprint density at radius 2 is 1.72 bits per heavy atom. The maximum atomic E-state index is 11.9. The van der Waals surface area contributed by atoms with Crippen LogP contribution in [0.15, 0.2) is 48.5 Å². The minimum Gasteiger partial charge on any atom is -0.507 e. The van der Waals surface area contributed by atoms with Gasteiger partial charge in [-0.1, -0.05) is 36.4 Å². The van der Waals surface area contributed by atoms with Crippen LogP contribution in [0, 0.1) is 0 Å². The van der Waals surface area contributed by atoms with Gasteiger partial charge in [0, 0.05) is 22.4 Å². The number of rotatable bonds is 1. The van der Waals surface area contributed by atoms with Crippen molar-refractivity contribution in [1.29, 1.82) is 0 Å². The van der Waals surface area contributed by atoms with Gasteiger partial charge in [0.25, 0.3) is 5.91 Å². The first-order chi connectivity index (χ1) is 8.75. The average Bonchev–Trinajstić information content (AvgIpc) is 2.69. The van der Waals surface area contributed by atoms with Crippen LogP contribution in [0.2, 0.25) is 0 Å². The molecule has 3 heteroatoms. The van der Waals surface area contributed by atoms with Gasteiger partial charge in [0.15, 0.2) is 0 Å². The third-order valence-electron chi connectivity index (χ3n) is 2.95. The molecule has 0 saturated carbocycles. The van der Waals surface area contributed by atoms with Crippen molar-refractivity contribution in [3.05, 3.63) is 59.7 Å². The van der Waals surface area contributed by atoms with E-state index in [0.717, 1.165) is 11.3 Å². The van der Waals surface area contributed by atoms with Crippen LogP contribution >= 0.6 is 0 Å². The third kappa shape index (κ3) is 1.66. The molecule has 0 radical (unpaired) electrons. The number of fused-ring (bicyclic) bond motifs is 1. The van der Waals surface area contributed by atoms with Crippen molar-refractivity contribution in [3.63, 3.8) is 0 Å². The van der Waals surface area contributed by atoms with E-state index in [9.17, 15) is 9.90 Å². The summed E-state index contributed by atoms with van der Waals surface area (Å²) >= 11 is 0. The highest BCUT2D eigenvalue weighted by Gasteiger charge is 2.23. The molecule has 2 N–H and O–H groups in total. The molecule has 18 heavy (non-hydrogen) atoms. The van der Waals surface area contributed by atoms with Gasteiger partial charge in [0.1, 0.15) is 5.75 Å². The minimum absolute atomic E-state index is 0.139. The number of aromatic hydroxyl groups is 1. The Labute approximate surface area is 104 Å². The number of hydrogen-bond donors (Lipinski definition) is 2. The van der Waals surface area contributed by atoms with Gasteiger partial charge < -0.3 is 10.4 Å². The summed E-state index contributed by atoms with van der Waals surface area (Å²) in [7, 11) is 0. The molecule has 3 rings (SSSR count). The van der Waals surface area contributed by atoms with Gasteiger partial charge in [0.05, 0.1) is 0 Å². The van der Waals surface area contributed by atoms with Crippen molar-refractivity contribution < 1.29 is 9.90 Å². The van der Waals surface area contributed by atoms with Crippen LogP contribution in [-0.2, 0) is 4.79 Å². The van der Waals surface area contributed by atoms with Crippen LogP contribution < -0.4 is 5.32 Å². The molecular weight excluding hydrogens is 226 g/mol. The summed E-state index contributed by atoms with van der Waals surface area (Å²) in [4.78, 5) is 11.9. The molecule has 3 nitrogen and oxygen atoms in total. The van der Waals surface area contributed by atoms with E-state index in [4.69, 9.17) is 0 Å². The molecule has 1 heterocycles. The number of hydrogen-bond acceptors (Lipinski definition) is 2. The fraction of sp³-hybridized carbons (Fsp3) is 0. The van der Waals surface area contributed by atoms with Gasteiger partial charge >= 0.3 is 0 Å². The van der Waals surface area contributed by atoms with Crippen LogP contribution in [-0.4, -0.2) is 11.0 Å². The Morgan fingerprint density at radius 3 is 2.56 bits per heavy atom. The summed E-state index contributed by atoms with van der Waals surface area (Å²) in [6.45, 7) is 0. The van der Waals surface area contributed by atoms with E-state index in [1.165, 1.54) is 0 Å². The Kier molecular flexibility index (Phi) is 2.38.